The molecule has 0 N–H and O–H groups in total. The van der Waals surface area contributed by atoms with Crippen LogP contribution in [-0.2, 0) is 28.2 Å². The van der Waals surface area contributed by atoms with Crippen LogP contribution in [0.4, 0.5) is 0 Å². The lowest BCUT2D eigenvalue weighted by Crippen LogP contribution is -2.70. The molecule has 2 aliphatic heterocycles. The Hall–Kier alpha value is -1.34. The predicted molar refractivity (Wildman–Crippen MR) is 151 cm³/mol. The Morgan fingerprint density at radius 2 is 1.64 bits per heavy atom. The summed E-state index contributed by atoms with van der Waals surface area (Å²) >= 11 is 2.25. The monoisotopic (exact) mass is 625 g/mol. The largest absolute Gasteiger partial charge is 0.399 e. The van der Waals surface area contributed by atoms with Crippen molar-refractivity contribution in [3.8, 4) is 0 Å². The molecule has 2 saturated heterocycles. The van der Waals surface area contributed by atoms with Crippen LogP contribution in [0, 0.1) is 0 Å². The molecule has 2 heterocycles. The van der Waals surface area contributed by atoms with Crippen LogP contribution in [0.15, 0.2) is 65.8 Å². The van der Waals surface area contributed by atoms with E-state index in [4.69, 9.17) is 28.2 Å². The molecular formula is C27H36INO6Si. The van der Waals surface area contributed by atoms with E-state index >= 15 is 0 Å². The fourth-order valence-electron chi connectivity index (χ4n) is 5.08. The topological polar surface area (TPSA) is 67.7 Å². The molecule has 5 atom stereocenters. The molecule has 0 aromatic heterocycles. The van der Waals surface area contributed by atoms with Gasteiger partial charge >= 0.3 is 0 Å². The van der Waals surface area contributed by atoms with E-state index in [0.29, 0.717) is 23.4 Å². The first-order chi connectivity index (χ1) is 17.4. The maximum absolute atomic E-state index is 7.42. The molecule has 0 aliphatic carbocycles. The highest BCUT2D eigenvalue weighted by Crippen LogP contribution is 2.40. The van der Waals surface area contributed by atoms with E-state index in [1.165, 1.54) is 10.4 Å². The smallest absolute Gasteiger partial charge is 0.262 e. The molecule has 9 heteroatoms. The van der Waals surface area contributed by atoms with Crippen LogP contribution < -0.4 is 10.4 Å². The number of ether oxygens (including phenoxy) is 4. The highest BCUT2D eigenvalue weighted by Gasteiger charge is 2.58. The number of halogens is 1. The minimum atomic E-state index is -2.90. The number of hydrogen-bond acceptors (Lipinski definition) is 7. The number of oxime groups is 1. The number of fused-ring (bicyclic) bond motifs is 2. The van der Waals surface area contributed by atoms with Gasteiger partial charge in [-0.1, -0.05) is 109 Å². The zero-order chi connectivity index (χ0) is 25.8. The standard InChI is InChI=1S/C27H36INO6Si/c1-6-31-22(17-28)34-25-23(29-30-5)24(21-18-32-26(25)33-21)35-36(27(2,3)4,19-13-9-7-10-14-19)20-15-11-8-12-16-20/h7-16,21-22,24-26H,6,17-18H2,1-5H3/b29-23+/t21-,22?,24-,25+,26-/m1/s1. The summed E-state index contributed by atoms with van der Waals surface area (Å²) in [6.45, 7) is 9.62. The Morgan fingerprint density at radius 1 is 1.03 bits per heavy atom. The molecule has 1 unspecified atom stereocenters. The first-order valence-electron chi connectivity index (χ1n) is 12.4. The zero-order valence-electron chi connectivity index (χ0n) is 21.6. The summed E-state index contributed by atoms with van der Waals surface area (Å²) in [5.41, 5.74) is 0.638. The quantitative estimate of drug-likeness (QED) is 0.131. The van der Waals surface area contributed by atoms with E-state index < -0.39 is 33.1 Å². The molecule has 4 rings (SSSR count). The molecular weight excluding hydrogens is 589 g/mol. The van der Waals surface area contributed by atoms with Gasteiger partial charge in [-0.15, -0.1) is 0 Å². The van der Waals surface area contributed by atoms with Crippen LogP contribution >= 0.6 is 22.6 Å². The molecule has 2 bridgehead atoms. The van der Waals surface area contributed by atoms with Crippen molar-refractivity contribution in [3.63, 3.8) is 0 Å². The van der Waals surface area contributed by atoms with Crippen LogP contribution in [0.3, 0.4) is 0 Å². The van der Waals surface area contributed by atoms with E-state index in [2.05, 4.69) is 97.0 Å². The summed E-state index contributed by atoms with van der Waals surface area (Å²) in [6.07, 6.45) is -2.47. The highest BCUT2D eigenvalue weighted by molar-refractivity contribution is 14.1. The van der Waals surface area contributed by atoms with Gasteiger partial charge in [-0.05, 0) is 22.3 Å². The number of hydrogen-bond donors (Lipinski definition) is 0. The minimum Gasteiger partial charge on any atom is -0.399 e. The molecule has 36 heavy (non-hydrogen) atoms. The van der Waals surface area contributed by atoms with Crippen LogP contribution in [0.2, 0.25) is 5.04 Å². The van der Waals surface area contributed by atoms with Crippen LogP contribution in [-0.4, -0.2) is 69.7 Å². The van der Waals surface area contributed by atoms with E-state index in [1.54, 1.807) is 7.11 Å². The van der Waals surface area contributed by atoms with Crippen molar-refractivity contribution in [2.75, 3.05) is 24.8 Å². The van der Waals surface area contributed by atoms with Crippen molar-refractivity contribution < 1.29 is 28.2 Å². The van der Waals surface area contributed by atoms with E-state index in [9.17, 15) is 0 Å². The molecule has 2 aliphatic rings. The Labute approximate surface area is 228 Å². The number of rotatable bonds is 10. The van der Waals surface area contributed by atoms with Crippen molar-refractivity contribution in [1.29, 1.82) is 0 Å². The minimum absolute atomic E-state index is 0.212. The van der Waals surface area contributed by atoms with Gasteiger partial charge in [0.25, 0.3) is 8.32 Å². The fourth-order valence-corrected chi connectivity index (χ4v) is 10.2. The predicted octanol–water partition coefficient (Wildman–Crippen LogP) is 3.87. The first kappa shape index (κ1) is 27.7. The summed E-state index contributed by atoms with van der Waals surface area (Å²) in [4.78, 5) is 5.34. The highest BCUT2D eigenvalue weighted by atomic mass is 127. The van der Waals surface area contributed by atoms with Crippen molar-refractivity contribution in [2.24, 2.45) is 5.16 Å². The maximum atomic E-state index is 7.42. The summed E-state index contributed by atoms with van der Waals surface area (Å²) < 4.78 is 32.6. The summed E-state index contributed by atoms with van der Waals surface area (Å²) in [6, 6.07) is 21.1. The molecule has 0 saturated carbocycles. The molecule has 0 spiro atoms. The lowest BCUT2D eigenvalue weighted by molar-refractivity contribution is -0.210. The Balaban J connectivity index is 1.82. The van der Waals surface area contributed by atoms with Gasteiger partial charge in [0.2, 0.25) is 0 Å². The first-order valence-corrected chi connectivity index (χ1v) is 15.8. The van der Waals surface area contributed by atoms with Crippen LogP contribution in [0.1, 0.15) is 27.7 Å². The van der Waals surface area contributed by atoms with Crippen molar-refractivity contribution in [2.45, 2.75) is 63.6 Å². The van der Waals surface area contributed by atoms with Gasteiger partial charge in [0.15, 0.2) is 18.7 Å². The van der Waals surface area contributed by atoms with Crippen LogP contribution in [0.25, 0.3) is 0 Å². The molecule has 2 aromatic rings. The zero-order valence-corrected chi connectivity index (χ0v) is 24.7. The normalized spacial score (nSPS) is 26.2. The second-order valence-electron chi connectivity index (χ2n) is 9.87. The van der Waals surface area contributed by atoms with Crippen molar-refractivity contribution >= 4 is 47.0 Å². The molecule has 196 valence electrons. The van der Waals surface area contributed by atoms with Crippen LogP contribution in [0.5, 0.6) is 0 Å². The average Bonchev–Trinajstić information content (AvgIpc) is 3.32. The molecule has 0 radical (unpaired) electrons. The van der Waals surface area contributed by atoms with Gasteiger partial charge in [0.05, 0.1) is 11.0 Å². The Kier molecular flexibility index (Phi) is 9.24. The van der Waals surface area contributed by atoms with Crippen molar-refractivity contribution in [3.05, 3.63) is 60.7 Å². The summed E-state index contributed by atoms with van der Waals surface area (Å²) in [7, 11) is -1.36. The average molecular weight is 626 g/mol. The Morgan fingerprint density at radius 3 is 2.14 bits per heavy atom. The summed E-state index contributed by atoms with van der Waals surface area (Å²) in [5, 5.41) is 6.61. The number of nitrogens with zero attached hydrogens (tertiary/aromatic N) is 1. The van der Waals surface area contributed by atoms with E-state index in [0.717, 1.165) is 0 Å². The third kappa shape index (κ3) is 5.43. The van der Waals surface area contributed by atoms with Crippen molar-refractivity contribution in [1.82, 2.24) is 0 Å². The summed E-state index contributed by atoms with van der Waals surface area (Å²) in [5.74, 6) is 0. The van der Waals surface area contributed by atoms with Gasteiger partial charge < -0.3 is 28.2 Å². The molecule has 0 amide bonds. The van der Waals surface area contributed by atoms with Gasteiger partial charge in [-0.25, -0.2) is 0 Å². The van der Waals surface area contributed by atoms with E-state index in [-0.39, 0.29) is 11.1 Å². The Bertz CT molecular complexity index is 963. The van der Waals surface area contributed by atoms with Gasteiger partial charge in [-0.3, -0.25) is 0 Å². The number of alkyl halides is 1. The second kappa shape index (κ2) is 12.0. The lowest BCUT2D eigenvalue weighted by atomic mass is 10.0. The molecule has 7 nitrogen and oxygen atoms in total. The maximum Gasteiger partial charge on any atom is 0.262 e. The lowest BCUT2D eigenvalue weighted by Gasteiger charge is -2.47. The van der Waals surface area contributed by atoms with Gasteiger partial charge in [0.1, 0.15) is 25.0 Å². The molecule has 2 fully saturated rings. The SMILES string of the molecule is CCOC(CI)O[C@H]1/C(=N/OC)[C@H](O[Si](c2ccccc2)(c2ccccc2)C(C)(C)C)[C@H]2CO[C@@H]1O2. The van der Waals surface area contributed by atoms with Gasteiger partial charge in [-0.2, -0.15) is 0 Å². The molecule has 2 aromatic carbocycles. The third-order valence-corrected chi connectivity index (χ3v) is 12.3. The number of benzene rings is 2. The fraction of sp³-hybridized carbons (Fsp3) is 0.519. The van der Waals surface area contributed by atoms with Gasteiger partial charge in [0, 0.05) is 6.61 Å². The van der Waals surface area contributed by atoms with E-state index in [1.807, 2.05) is 19.1 Å². The second-order valence-corrected chi connectivity index (χ2v) is 15.0. The third-order valence-electron chi connectivity index (χ3n) is 6.60.